The summed E-state index contributed by atoms with van der Waals surface area (Å²) in [6.07, 6.45) is 1.08. The van der Waals surface area contributed by atoms with E-state index in [2.05, 4.69) is 10.0 Å². The van der Waals surface area contributed by atoms with Crippen LogP contribution in [0.15, 0.2) is 24.3 Å². The van der Waals surface area contributed by atoms with Gasteiger partial charge in [0.1, 0.15) is 0 Å². The van der Waals surface area contributed by atoms with Gasteiger partial charge >= 0.3 is 5.97 Å². The second kappa shape index (κ2) is 7.01. The van der Waals surface area contributed by atoms with E-state index >= 15 is 0 Å². The summed E-state index contributed by atoms with van der Waals surface area (Å²) >= 11 is 0. The summed E-state index contributed by atoms with van der Waals surface area (Å²) in [6, 6.07) is 6.09. The van der Waals surface area contributed by atoms with Gasteiger partial charge in [0, 0.05) is 13.1 Å². The topological polar surface area (TPSA) is 113 Å². The van der Waals surface area contributed by atoms with Crippen molar-refractivity contribution in [2.45, 2.75) is 6.42 Å². The number of benzene rings is 1. The zero-order chi connectivity index (χ0) is 15.2. The van der Waals surface area contributed by atoms with Gasteiger partial charge in [0.05, 0.1) is 18.2 Å². The molecule has 0 radical (unpaired) electrons. The van der Waals surface area contributed by atoms with Crippen molar-refractivity contribution < 1.29 is 23.1 Å². The van der Waals surface area contributed by atoms with Crippen LogP contribution in [0.3, 0.4) is 0 Å². The molecular weight excluding hydrogens is 284 g/mol. The standard InChI is InChI=1S/C12H16N2O5S/c1-20(18,19)14-6-5-13-11(15)8-9-3-2-4-10(7-9)12(16)17/h2-4,7,14H,5-6,8H2,1H3,(H,13,15)(H,16,17). The van der Waals surface area contributed by atoms with Gasteiger partial charge < -0.3 is 10.4 Å². The van der Waals surface area contributed by atoms with Crippen molar-refractivity contribution in [3.63, 3.8) is 0 Å². The Hall–Kier alpha value is -1.93. The van der Waals surface area contributed by atoms with E-state index in [1.807, 2.05) is 0 Å². The highest BCUT2D eigenvalue weighted by Gasteiger charge is 2.07. The highest BCUT2D eigenvalue weighted by atomic mass is 32.2. The van der Waals surface area contributed by atoms with Gasteiger partial charge in [-0.1, -0.05) is 12.1 Å². The predicted molar refractivity (Wildman–Crippen MR) is 73.0 cm³/mol. The molecule has 7 nitrogen and oxygen atoms in total. The molecular formula is C12H16N2O5S. The third-order valence-electron chi connectivity index (χ3n) is 2.35. The Morgan fingerprint density at radius 3 is 2.55 bits per heavy atom. The molecule has 20 heavy (non-hydrogen) atoms. The van der Waals surface area contributed by atoms with Crippen LogP contribution < -0.4 is 10.0 Å². The summed E-state index contributed by atoms with van der Waals surface area (Å²) in [4.78, 5) is 22.4. The highest BCUT2D eigenvalue weighted by Crippen LogP contribution is 2.06. The average molecular weight is 300 g/mol. The smallest absolute Gasteiger partial charge is 0.335 e. The van der Waals surface area contributed by atoms with Crippen LogP contribution >= 0.6 is 0 Å². The van der Waals surface area contributed by atoms with Crippen molar-refractivity contribution in [1.82, 2.24) is 10.0 Å². The van der Waals surface area contributed by atoms with E-state index in [9.17, 15) is 18.0 Å². The molecule has 1 aromatic carbocycles. The van der Waals surface area contributed by atoms with Crippen LogP contribution in [-0.2, 0) is 21.2 Å². The lowest BCUT2D eigenvalue weighted by molar-refractivity contribution is -0.120. The molecule has 0 bridgehead atoms. The molecule has 110 valence electrons. The van der Waals surface area contributed by atoms with E-state index in [1.165, 1.54) is 12.1 Å². The first-order valence-electron chi connectivity index (χ1n) is 5.81. The third kappa shape index (κ3) is 6.30. The second-order valence-corrected chi connectivity index (χ2v) is 6.03. The number of hydrogen-bond acceptors (Lipinski definition) is 4. The number of nitrogens with one attached hydrogen (secondary N) is 2. The van der Waals surface area contributed by atoms with Crippen molar-refractivity contribution in [2.75, 3.05) is 19.3 Å². The molecule has 3 N–H and O–H groups in total. The summed E-state index contributed by atoms with van der Waals surface area (Å²) in [6.45, 7) is 0.282. The summed E-state index contributed by atoms with van der Waals surface area (Å²) < 4.78 is 23.8. The van der Waals surface area contributed by atoms with Gasteiger partial charge in [-0.2, -0.15) is 0 Å². The maximum absolute atomic E-state index is 11.6. The normalized spacial score (nSPS) is 11.1. The van der Waals surface area contributed by atoms with Crippen LogP contribution in [-0.4, -0.2) is 44.7 Å². The lowest BCUT2D eigenvalue weighted by atomic mass is 10.1. The molecule has 8 heteroatoms. The number of hydrogen-bond donors (Lipinski definition) is 3. The van der Waals surface area contributed by atoms with E-state index in [0.29, 0.717) is 5.56 Å². The van der Waals surface area contributed by atoms with Crippen LogP contribution in [0.5, 0.6) is 0 Å². The zero-order valence-electron chi connectivity index (χ0n) is 10.9. The maximum Gasteiger partial charge on any atom is 0.335 e. The van der Waals surface area contributed by atoms with E-state index in [4.69, 9.17) is 5.11 Å². The van der Waals surface area contributed by atoms with E-state index in [0.717, 1.165) is 6.26 Å². The van der Waals surface area contributed by atoms with Crippen LogP contribution in [0.1, 0.15) is 15.9 Å². The molecule has 1 aromatic rings. The molecule has 0 aromatic heterocycles. The van der Waals surface area contributed by atoms with Gasteiger partial charge in [-0.05, 0) is 17.7 Å². The summed E-state index contributed by atoms with van der Waals surface area (Å²) in [7, 11) is -3.26. The molecule has 0 spiro atoms. The predicted octanol–water partition coefficient (Wildman–Crippen LogP) is -0.407. The molecule has 1 amide bonds. The number of carboxylic acid groups (broad SMARTS) is 1. The van der Waals surface area contributed by atoms with Crippen LogP contribution in [0.2, 0.25) is 0 Å². The first kappa shape index (κ1) is 16.1. The van der Waals surface area contributed by atoms with Crippen molar-refractivity contribution in [3.8, 4) is 0 Å². The first-order valence-corrected chi connectivity index (χ1v) is 7.70. The fourth-order valence-corrected chi connectivity index (χ4v) is 1.97. The molecule has 1 rings (SSSR count). The molecule has 0 saturated carbocycles. The number of amides is 1. The van der Waals surface area contributed by atoms with Crippen molar-refractivity contribution in [1.29, 1.82) is 0 Å². The summed E-state index contributed by atoms with van der Waals surface area (Å²) in [5, 5.41) is 11.4. The van der Waals surface area contributed by atoms with Gasteiger partial charge in [-0.25, -0.2) is 17.9 Å². The minimum Gasteiger partial charge on any atom is -0.478 e. The Balaban J connectivity index is 2.43. The molecule has 0 aliphatic heterocycles. The average Bonchev–Trinajstić information content (AvgIpc) is 2.34. The second-order valence-electron chi connectivity index (χ2n) is 4.20. The monoisotopic (exact) mass is 300 g/mol. The number of carbonyl (C=O) groups is 2. The van der Waals surface area contributed by atoms with Crippen LogP contribution in [0.4, 0.5) is 0 Å². The Morgan fingerprint density at radius 2 is 1.95 bits per heavy atom. The maximum atomic E-state index is 11.6. The largest absolute Gasteiger partial charge is 0.478 e. The number of rotatable bonds is 7. The number of aromatic carboxylic acids is 1. The third-order valence-corrected chi connectivity index (χ3v) is 3.08. The zero-order valence-corrected chi connectivity index (χ0v) is 11.7. The highest BCUT2D eigenvalue weighted by molar-refractivity contribution is 7.88. The van der Waals surface area contributed by atoms with Crippen molar-refractivity contribution >= 4 is 21.9 Å². The molecule has 0 aliphatic carbocycles. The van der Waals surface area contributed by atoms with Crippen LogP contribution in [0, 0.1) is 0 Å². The van der Waals surface area contributed by atoms with Crippen molar-refractivity contribution in [3.05, 3.63) is 35.4 Å². The number of sulfonamides is 1. The van der Waals surface area contributed by atoms with E-state index < -0.39 is 16.0 Å². The summed E-state index contributed by atoms with van der Waals surface area (Å²) in [5.74, 6) is -1.35. The fourth-order valence-electron chi connectivity index (χ4n) is 1.50. The quantitative estimate of drug-likeness (QED) is 0.593. The Labute approximate surface area is 117 Å². The Bertz CT molecular complexity index is 598. The summed E-state index contributed by atoms with van der Waals surface area (Å²) in [5.41, 5.74) is 0.701. The molecule has 0 atom stereocenters. The van der Waals surface area contributed by atoms with Gasteiger partial charge in [-0.15, -0.1) is 0 Å². The van der Waals surface area contributed by atoms with Crippen LogP contribution in [0.25, 0.3) is 0 Å². The van der Waals surface area contributed by atoms with Gasteiger partial charge in [0.2, 0.25) is 15.9 Å². The Morgan fingerprint density at radius 1 is 1.25 bits per heavy atom. The molecule has 0 saturated heterocycles. The van der Waals surface area contributed by atoms with E-state index in [-0.39, 0.29) is 31.0 Å². The molecule has 0 heterocycles. The molecule has 0 fully saturated rings. The Kier molecular flexibility index (Phi) is 5.66. The SMILES string of the molecule is CS(=O)(=O)NCCNC(=O)Cc1cccc(C(=O)O)c1. The van der Waals surface area contributed by atoms with Gasteiger partial charge in [-0.3, -0.25) is 4.79 Å². The van der Waals surface area contributed by atoms with Gasteiger partial charge in [0.25, 0.3) is 0 Å². The fraction of sp³-hybridized carbons (Fsp3) is 0.333. The van der Waals surface area contributed by atoms with Gasteiger partial charge in [0.15, 0.2) is 0 Å². The lowest BCUT2D eigenvalue weighted by Gasteiger charge is -2.06. The first-order chi connectivity index (χ1) is 9.28. The number of carbonyl (C=O) groups excluding carboxylic acids is 1. The minimum atomic E-state index is -3.26. The van der Waals surface area contributed by atoms with E-state index in [1.54, 1.807) is 12.1 Å². The minimum absolute atomic E-state index is 0.0417. The number of carboxylic acids is 1. The van der Waals surface area contributed by atoms with Crippen molar-refractivity contribution in [2.24, 2.45) is 0 Å². The molecule has 0 aliphatic rings. The molecule has 0 unspecified atom stereocenters. The lowest BCUT2D eigenvalue weighted by Crippen LogP contribution is -2.34.